The zero-order valence-corrected chi connectivity index (χ0v) is 19.8. The van der Waals surface area contributed by atoms with Gasteiger partial charge in [0.15, 0.2) is 0 Å². The highest BCUT2D eigenvalue weighted by atomic mass is 32.2. The number of rotatable bonds is 9. The van der Waals surface area contributed by atoms with Crippen LogP contribution in [0.15, 0.2) is 52.1 Å². The summed E-state index contributed by atoms with van der Waals surface area (Å²) in [5, 5.41) is 13.7. The molecule has 0 fully saturated rings. The summed E-state index contributed by atoms with van der Waals surface area (Å²) in [6.45, 7) is 3.62. The first kappa shape index (κ1) is 24.3. The molecule has 3 N–H and O–H groups in total. The lowest BCUT2D eigenvalue weighted by Gasteiger charge is -2.10. The van der Waals surface area contributed by atoms with Gasteiger partial charge in [-0.2, -0.15) is 0 Å². The van der Waals surface area contributed by atoms with Gasteiger partial charge in [-0.3, -0.25) is 14.3 Å². The van der Waals surface area contributed by atoms with Gasteiger partial charge >= 0.3 is 0 Å². The van der Waals surface area contributed by atoms with E-state index in [2.05, 4.69) is 25.6 Å². The molecule has 0 saturated heterocycles. The Balaban J connectivity index is 1.54. The smallest absolute Gasteiger partial charge is 0.277 e. The van der Waals surface area contributed by atoms with Gasteiger partial charge in [0.25, 0.3) is 5.22 Å². The second-order valence-electron chi connectivity index (χ2n) is 7.09. The number of hydrogen-bond acceptors (Lipinski definition) is 8. The van der Waals surface area contributed by atoms with Crippen LogP contribution >= 0.6 is 11.8 Å². The van der Waals surface area contributed by atoms with E-state index in [0.717, 1.165) is 23.6 Å². The van der Waals surface area contributed by atoms with Gasteiger partial charge in [-0.05, 0) is 55.0 Å². The van der Waals surface area contributed by atoms with Crippen molar-refractivity contribution in [3.63, 3.8) is 0 Å². The number of amides is 2. The zero-order chi connectivity index (χ0) is 24.0. The van der Waals surface area contributed by atoms with Crippen molar-refractivity contribution in [3.05, 3.63) is 48.0 Å². The van der Waals surface area contributed by atoms with E-state index in [9.17, 15) is 18.0 Å². The summed E-state index contributed by atoms with van der Waals surface area (Å²) in [5.41, 5.74) is 3.18. The van der Waals surface area contributed by atoms with Crippen LogP contribution in [0.4, 0.5) is 17.1 Å². The van der Waals surface area contributed by atoms with Crippen LogP contribution in [0.2, 0.25) is 0 Å². The third kappa shape index (κ3) is 7.32. The van der Waals surface area contributed by atoms with E-state index in [1.807, 2.05) is 6.92 Å². The highest BCUT2D eigenvalue weighted by molar-refractivity contribution is 7.99. The van der Waals surface area contributed by atoms with Crippen LogP contribution in [0, 0.1) is 6.92 Å². The lowest BCUT2D eigenvalue weighted by molar-refractivity contribution is -0.116. The molecule has 0 aliphatic carbocycles. The maximum atomic E-state index is 12.3. The molecule has 174 valence electrons. The first-order chi connectivity index (χ1) is 15.6. The van der Waals surface area contributed by atoms with E-state index in [4.69, 9.17) is 4.42 Å². The van der Waals surface area contributed by atoms with Crippen molar-refractivity contribution in [1.82, 2.24) is 10.2 Å². The Morgan fingerprint density at radius 1 is 1.00 bits per heavy atom. The van der Waals surface area contributed by atoms with Crippen molar-refractivity contribution in [2.45, 2.75) is 25.5 Å². The van der Waals surface area contributed by atoms with Gasteiger partial charge in [0, 0.05) is 29.0 Å². The van der Waals surface area contributed by atoms with E-state index in [0.29, 0.717) is 29.0 Å². The van der Waals surface area contributed by atoms with Gasteiger partial charge in [-0.25, -0.2) is 8.42 Å². The minimum atomic E-state index is -3.36. The number of hydrogen-bond donors (Lipinski definition) is 3. The Kier molecular flexibility index (Phi) is 7.71. The molecule has 10 nitrogen and oxygen atoms in total. The molecule has 1 heterocycles. The Labute approximate surface area is 195 Å². The topological polar surface area (TPSA) is 143 Å². The summed E-state index contributed by atoms with van der Waals surface area (Å²) in [6.07, 6.45) is 1.46. The van der Waals surface area contributed by atoms with E-state index in [1.165, 1.54) is 0 Å². The molecule has 2 aromatic carbocycles. The fourth-order valence-electron chi connectivity index (χ4n) is 2.72. The lowest BCUT2D eigenvalue weighted by atomic mass is 10.1. The van der Waals surface area contributed by atoms with Gasteiger partial charge in [0.05, 0.1) is 12.0 Å². The molecule has 0 bridgehead atoms. The van der Waals surface area contributed by atoms with Crippen LogP contribution in [-0.4, -0.2) is 42.4 Å². The number of thioether (sulfide) groups is 1. The van der Waals surface area contributed by atoms with Gasteiger partial charge in [-0.15, -0.1) is 10.2 Å². The number of aryl methyl sites for hydroxylation is 1. The molecule has 1 aromatic heterocycles. The molecule has 0 radical (unpaired) electrons. The van der Waals surface area contributed by atoms with E-state index < -0.39 is 10.0 Å². The summed E-state index contributed by atoms with van der Waals surface area (Å²) in [4.78, 5) is 23.8. The van der Waals surface area contributed by atoms with Crippen LogP contribution < -0.4 is 15.4 Å². The summed E-state index contributed by atoms with van der Waals surface area (Å²) in [5.74, 6) is -0.0109. The van der Waals surface area contributed by atoms with Gasteiger partial charge in [0.2, 0.25) is 27.7 Å². The highest BCUT2D eigenvalue weighted by Gasteiger charge is 2.13. The predicted molar refractivity (Wildman–Crippen MR) is 128 cm³/mol. The van der Waals surface area contributed by atoms with Crippen LogP contribution in [-0.2, 0) is 19.6 Å². The van der Waals surface area contributed by atoms with Crippen LogP contribution in [0.3, 0.4) is 0 Å². The van der Waals surface area contributed by atoms with Crippen molar-refractivity contribution in [3.8, 4) is 11.5 Å². The first-order valence-corrected chi connectivity index (χ1v) is 12.8. The van der Waals surface area contributed by atoms with Crippen molar-refractivity contribution >= 4 is 50.7 Å². The summed E-state index contributed by atoms with van der Waals surface area (Å²) >= 11 is 1.09. The normalized spacial score (nSPS) is 11.1. The fourth-order valence-corrected chi connectivity index (χ4v) is 3.85. The maximum Gasteiger partial charge on any atom is 0.277 e. The molecule has 12 heteroatoms. The molecule has 0 saturated carbocycles. The number of benzene rings is 2. The number of carbonyl (C=O) groups is 2. The maximum absolute atomic E-state index is 12.3. The van der Waals surface area contributed by atoms with Crippen molar-refractivity contribution in [2.24, 2.45) is 0 Å². The highest BCUT2D eigenvalue weighted by Crippen LogP contribution is 2.25. The number of sulfonamides is 1. The van der Waals surface area contributed by atoms with Crippen molar-refractivity contribution in [2.75, 3.05) is 27.4 Å². The molecule has 3 aromatic rings. The molecule has 2 amide bonds. The van der Waals surface area contributed by atoms with Gasteiger partial charge < -0.3 is 15.1 Å². The van der Waals surface area contributed by atoms with Crippen LogP contribution in [0.5, 0.6) is 0 Å². The number of carbonyl (C=O) groups excluding carboxylic acids is 2. The first-order valence-electron chi connectivity index (χ1n) is 9.88. The van der Waals surface area contributed by atoms with Gasteiger partial charge in [-0.1, -0.05) is 18.7 Å². The molecular formula is C21H23N5O5S2. The third-order valence-corrected chi connectivity index (χ3v) is 5.70. The average molecular weight is 490 g/mol. The Bertz CT molecular complexity index is 1260. The largest absolute Gasteiger partial charge is 0.411 e. The quantitative estimate of drug-likeness (QED) is 0.388. The lowest BCUT2D eigenvalue weighted by Crippen LogP contribution is -2.15. The minimum Gasteiger partial charge on any atom is -0.411 e. The number of aromatic nitrogens is 2. The van der Waals surface area contributed by atoms with E-state index >= 15 is 0 Å². The predicted octanol–water partition coefficient (Wildman–Crippen LogP) is 3.50. The fraction of sp³-hybridized carbons (Fsp3) is 0.238. The third-order valence-electron chi connectivity index (χ3n) is 4.27. The second-order valence-corrected chi connectivity index (χ2v) is 9.77. The standard InChI is InChI=1S/C21H23N5O5S2/c1-4-18(27)23-17-10-9-16(11-13(17)2)22-19(28)12-32-21-25-24-20(31-21)14-5-7-15(8-6-14)26-33(3,29)30/h5-11,26H,4,12H2,1-3H3,(H,22,28)(H,23,27). The summed E-state index contributed by atoms with van der Waals surface area (Å²) in [7, 11) is -3.36. The van der Waals surface area contributed by atoms with Crippen LogP contribution in [0.25, 0.3) is 11.5 Å². The Morgan fingerprint density at radius 2 is 1.70 bits per heavy atom. The number of anilines is 3. The van der Waals surface area contributed by atoms with Crippen LogP contribution in [0.1, 0.15) is 18.9 Å². The molecule has 0 aliphatic heterocycles. The second kappa shape index (κ2) is 10.5. The van der Waals surface area contributed by atoms with Gasteiger partial charge in [0.1, 0.15) is 0 Å². The summed E-state index contributed by atoms with van der Waals surface area (Å²) < 4.78 is 30.5. The minimum absolute atomic E-state index is 0.0617. The van der Waals surface area contributed by atoms with Crippen molar-refractivity contribution < 1.29 is 22.4 Å². The van der Waals surface area contributed by atoms with Crippen molar-refractivity contribution in [1.29, 1.82) is 0 Å². The molecular weight excluding hydrogens is 466 g/mol. The van der Waals surface area contributed by atoms with E-state index in [1.54, 1.807) is 49.4 Å². The SMILES string of the molecule is CCC(=O)Nc1ccc(NC(=O)CSc2nnc(-c3ccc(NS(C)(=O)=O)cc3)o2)cc1C. The molecule has 0 spiro atoms. The molecule has 3 rings (SSSR count). The molecule has 0 atom stereocenters. The Morgan fingerprint density at radius 3 is 2.33 bits per heavy atom. The molecule has 0 aliphatic rings. The Hall–Kier alpha value is -3.38. The molecule has 0 unspecified atom stereocenters. The van der Waals surface area contributed by atoms with E-state index in [-0.39, 0.29) is 28.7 Å². The monoisotopic (exact) mass is 489 g/mol. The number of nitrogens with zero attached hydrogens (tertiary/aromatic N) is 2. The average Bonchev–Trinajstić information content (AvgIpc) is 3.22. The molecule has 33 heavy (non-hydrogen) atoms. The summed E-state index contributed by atoms with van der Waals surface area (Å²) in [6, 6.07) is 11.7. The zero-order valence-electron chi connectivity index (χ0n) is 18.2. The number of nitrogens with one attached hydrogen (secondary N) is 3.